The van der Waals surface area contributed by atoms with E-state index in [9.17, 15) is 14.7 Å². The zero-order valence-corrected chi connectivity index (χ0v) is 13.3. The molecule has 0 unspecified atom stereocenters. The second kappa shape index (κ2) is 6.23. The highest BCUT2D eigenvalue weighted by Gasteiger charge is 2.17. The third kappa shape index (κ3) is 2.67. The van der Waals surface area contributed by atoms with Gasteiger partial charge >= 0.3 is 5.97 Å². The first kappa shape index (κ1) is 15.9. The molecule has 124 valence electrons. The molecule has 0 radical (unpaired) electrons. The normalized spacial score (nSPS) is 10.9. The Kier molecular flexibility index (Phi) is 4.12. The number of aryl methyl sites for hydroxylation is 1. The fraction of sp³-hybridized carbons (Fsp3) is 0.222. The molecule has 1 aromatic carbocycles. The van der Waals surface area contributed by atoms with Crippen molar-refractivity contribution in [2.24, 2.45) is 0 Å². The number of hydrogen-bond acceptors (Lipinski definition) is 6. The largest absolute Gasteiger partial charge is 0.508 e. The van der Waals surface area contributed by atoms with E-state index >= 15 is 0 Å². The fourth-order valence-corrected chi connectivity index (χ4v) is 2.46. The quantitative estimate of drug-likeness (QED) is 0.737. The number of fused-ring (bicyclic) bond motifs is 1. The van der Waals surface area contributed by atoms with Crippen molar-refractivity contribution in [2.45, 2.75) is 20.3 Å². The van der Waals surface area contributed by atoms with Gasteiger partial charge in [-0.25, -0.2) is 4.79 Å². The predicted octanol–water partition coefficient (Wildman–Crippen LogP) is 3.50. The van der Waals surface area contributed by atoms with E-state index in [0.29, 0.717) is 17.4 Å². The van der Waals surface area contributed by atoms with E-state index in [-0.39, 0.29) is 40.5 Å². The molecule has 0 atom stereocenters. The Hall–Kier alpha value is -3.02. The summed E-state index contributed by atoms with van der Waals surface area (Å²) in [7, 11) is 0. The number of carbonyl (C=O) groups excluding carboxylic acids is 1. The van der Waals surface area contributed by atoms with E-state index in [2.05, 4.69) is 0 Å². The summed E-state index contributed by atoms with van der Waals surface area (Å²) in [5, 5.41) is 10.2. The van der Waals surface area contributed by atoms with Gasteiger partial charge in [-0.3, -0.25) is 4.79 Å². The van der Waals surface area contributed by atoms with Gasteiger partial charge in [0.15, 0.2) is 0 Å². The summed E-state index contributed by atoms with van der Waals surface area (Å²) in [4.78, 5) is 24.4. The topological polar surface area (TPSA) is 89.9 Å². The molecule has 6 nitrogen and oxygen atoms in total. The molecule has 0 amide bonds. The maximum atomic E-state index is 12.7. The summed E-state index contributed by atoms with van der Waals surface area (Å²) in [5.41, 5.74) is 0.843. The summed E-state index contributed by atoms with van der Waals surface area (Å²) in [6.07, 6.45) is 1.84. The van der Waals surface area contributed by atoms with Crippen molar-refractivity contribution in [2.75, 3.05) is 6.61 Å². The van der Waals surface area contributed by atoms with Crippen LogP contribution in [0.3, 0.4) is 0 Å². The molecule has 0 aliphatic rings. The summed E-state index contributed by atoms with van der Waals surface area (Å²) < 4.78 is 15.7. The number of phenols is 1. The van der Waals surface area contributed by atoms with Gasteiger partial charge in [0.25, 0.3) is 0 Å². The van der Waals surface area contributed by atoms with E-state index in [1.807, 2.05) is 6.92 Å². The lowest BCUT2D eigenvalue weighted by atomic mass is 10.1. The summed E-state index contributed by atoms with van der Waals surface area (Å²) in [6.45, 7) is 3.81. The first-order valence-electron chi connectivity index (χ1n) is 7.59. The average molecular weight is 328 g/mol. The number of hydrogen-bond donors (Lipinski definition) is 1. The van der Waals surface area contributed by atoms with Gasteiger partial charge in [-0.15, -0.1) is 0 Å². The summed E-state index contributed by atoms with van der Waals surface area (Å²) in [6, 6.07) is 6.00. The van der Waals surface area contributed by atoms with Crippen LogP contribution in [0.5, 0.6) is 5.75 Å². The van der Waals surface area contributed by atoms with E-state index in [4.69, 9.17) is 13.6 Å². The van der Waals surface area contributed by atoms with E-state index in [1.165, 1.54) is 24.5 Å². The van der Waals surface area contributed by atoms with Crippen LogP contribution in [0.25, 0.3) is 22.3 Å². The molecule has 0 fully saturated rings. The highest BCUT2D eigenvalue weighted by atomic mass is 16.5. The summed E-state index contributed by atoms with van der Waals surface area (Å²) in [5.74, 6) is -0.262. The van der Waals surface area contributed by atoms with Gasteiger partial charge in [-0.2, -0.15) is 0 Å². The van der Waals surface area contributed by atoms with Gasteiger partial charge in [0.05, 0.1) is 12.0 Å². The highest BCUT2D eigenvalue weighted by molar-refractivity contribution is 5.87. The first-order valence-corrected chi connectivity index (χ1v) is 7.59. The number of ether oxygens (including phenoxy) is 1. The minimum absolute atomic E-state index is 0.0197. The van der Waals surface area contributed by atoms with Gasteiger partial charge in [0.1, 0.15) is 28.9 Å². The van der Waals surface area contributed by atoms with Gasteiger partial charge in [0.2, 0.25) is 11.2 Å². The Morgan fingerprint density at radius 3 is 2.75 bits per heavy atom. The zero-order chi connectivity index (χ0) is 17.3. The molecule has 24 heavy (non-hydrogen) atoms. The SMILES string of the molecule is CCOC(=O)c1ccc(-c2coc3cc(O)c(CC)cc3c2=O)o1. The van der Waals surface area contributed by atoms with Crippen molar-refractivity contribution < 1.29 is 23.5 Å². The van der Waals surface area contributed by atoms with Crippen LogP contribution >= 0.6 is 0 Å². The van der Waals surface area contributed by atoms with Crippen LogP contribution in [0.1, 0.15) is 30.0 Å². The number of carbonyl (C=O) groups is 1. The highest BCUT2D eigenvalue weighted by Crippen LogP contribution is 2.27. The van der Waals surface area contributed by atoms with Crippen LogP contribution < -0.4 is 5.43 Å². The molecule has 0 bridgehead atoms. The maximum Gasteiger partial charge on any atom is 0.374 e. The lowest BCUT2D eigenvalue weighted by molar-refractivity contribution is 0.0491. The van der Waals surface area contributed by atoms with Crippen molar-refractivity contribution in [1.29, 1.82) is 0 Å². The molecule has 0 aliphatic heterocycles. The number of phenolic OH excluding ortho intramolecular Hbond substituents is 1. The van der Waals surface area contributed by atoms with E-state index < -0.39 is 5.97 Å². The average Bonchev–Trinajstić information content (AvgIpc) is 3.05. The van der Waals surface area contributed by atoms with Gasteiger partial charge in [-0.05, 0) is 37.1 Å². The molecule has 0 saturated heterocycles. The van der Waals surface area contributed by atoms with Crippen LogP contribution in [0, 0.1) is 0 Å². The molecule has 3 aromatic rings. The zero-order valence-electron chi connectivity index (χ0n) is 13.3. The van der Waals surface area contributed by atoms with Crippen LogP contribution in [-0.4, -0.2) is 17.7 Å². The minimum atomic E-state index is -0.591. The van der Waals surface area contributed by atoms with Crippen molar-refractivity contribution >= 4 is 16.9 Å². The lowest BCUT2D eigenvalue weighted by Crippen LogP contribution is -2.05. The predicted molar refractivity (Wildman–Crippen MR) is 87.2 cm³/mol. The molecule has 2 heterocycles. The summed E-state index contributed by atoms with van der Waals surface area (Å²) >= 11 is 0. The van der Waals surface area contributed by atoms with Crippen LogP contribution in [0.2, 0.25) is 0 Å². The van der Waals surface area contributed by atoms with E-state index in [1.54, 1.807) is 13.0 Å². The first-order chi connectivity index (χ1) is 11.5. The Morgan fingerprint density at radius 1 is 1.25 bits per heavy atom. The van der Waals surface area contributed by atoms with Crippen molar-refractivity contribution in [3.63, 3.8) is 0 Å². The number of benzene rings is 1. The molecular formula is C18H16O6. The third-order valence-corrected chi connectivity index (χ3v) is 3.70. The van der Waals surface area contributed by atoms with E-state index in [0.717, 1.165) is 0 Å². The molecule has 0 saturated carbocycles. The van der Waals surface area contributed by atoms with Gasteiger partial charge in [-0.1, -0.05) is 6.92 Å². The second-order valence-corrected chi connectivity index (χ2v) is 5.19. The van der Waals surface area contributed by atoms with Crippen molar-refractivity contribution in [3.8, 4) is 17.1 Å². The van der Waals surface area contributed by atoms with Crippen molar-refractivity contribution in [1.82, 2.24) is 0 Å². The Labute approximate surface area is 137 Å². The number of esters is 1. The monoisotopic (exact) mass is 328 g/mol. The van der Waals surface area contributed by atoms with Crippen molar-refractivity contribution in [3.05, 3.63) is 52.1 Å². The molecule has 6 heteroatoms. The lowest BCUT2D eigenvalue weighted by Gasteiger charge is -2.05. The Morgan fingerprint density at radius 2 is 2.04 bits per heavy atom. The van der Waals surface area contributed by atoms with Gasteiger partial charge in [0, 0.05) is 6.07 Å². The molecule has 0 spiro atoms. The fourth-order valence-electron chi connectivity index (χ4n) is 2.46. The van der Waals surface area contributed by atoms with Gasteiger partial charge < -0.3 is 18.7 Å². The Balaban J connectivity index is 2.11. The van der Waals surface area contributed by atoms with Crippen LogP contribution in [-0.2, 0) is 11.2 Å². The molecule has 1 N–H and O–H groups in total. The Bertz CT molecular complexity index is 963. The number of rotatable bonds is 4. The third-order valence-electron chi connectivity index (χ3n) is 3.70. The molecule has 2 aromatic heterocycles. The minimum Gasteiger partial charge on any atom is -0.508 e. The van der Waals surface area contributed by atoms with Crippen LogP contribution in [0.4, 0.5) is 0 Å². The maximum absolute atomic E-state index is 12.7. The molecule has 3 rings (SSSR count). The smallest absolute Gasteiger partial charge is 0.374 e. The number of furan rings is 1. The number of aromatic hydroxyl groups is 1. The molecule has 0 aliphatic carbocycles. The van der Waals surface area contributed by atoms with Crippen LogP contribution in [0.15, 0.2) is 44.2 Å². The second-order valence-electron chi connectivity index (χ2n) is 5.19. The standard InChI is InChI=1S/C18H16O6/c1-3-10-7-11-16(8-13(10)19)23-9-12(17(11)20)14-5-6-15(24-14)18(21)22-4-2/h5-9,19H,3-4H2,1-2H3. The molecular weight excluding hydrogens is 312 g/mol.